The zero-order valence-corrected chi connectivity index (χ0v) is 18.0. The van der Waals surface area contributed by atoms with Gasteiger partial charge >= 0.3 is 0 Å². The van der Waals surface area contributed by atoms with Crippen LogP contribution in [0.5, 0.6) is 0 Å². The van der Waals surface area contributed by atoms with Crippen LogP contribution in [-0.2, 0) is 11.2 Å². The molecule has 0 aliphatic heterocycles. The molecule has 1 N–H and O–H groups in total. The van der Waals surface area contributed by atoms with Crippen LogP contribution in [0.4, 0.5) is 0 Å². The molecule has 0 radical (unpaired) electrons. The molecular weight excluding hydrogens is 410 g/mol. The second-order valence-electron chi connectivity index (χ2n) is 7.70. The topological polar surface area (TPSA) is 88.1 Å². The number of rotatable bonds is 8. The van der Waals surface area contributed by atoms with E-state index in [-0.39, 0.29) is 23.6 Å². The normalized spacial score (nSPS) is 14.8. The smallest absolute Gasteiger partial charge is 0.276 e. The summed E-state index contributed by atoms with van der Waals surface area (Å²) >= 11 is 1.12. The molecule has 0 unspecified atom stereocenters. The first-order valence-corrected chi connectivity index (χ1v) is 11.4. The summed E-state index contributed by atoms with van der Waals surface area (Å²) in [6, 6.07) is 12.9. The van der Waals surface area contributed by atoms with Crippen molar-refractivity contribution in [2.75, 3.05) is 6.54 Å². The molecule has 1 saturated carbocycles. The van der Waals surface area contributed by atoms with Crippen molar-refractivity contribution in [2.45, 2.75) is 44.2 Å². The minimum absolute atomic E-state index is 0.152. The van der Waals surface area contributed by atoms with Crippen LogP contribution >= 0.6 is 11.5 Å². The number of hydrogen-bond acceptors (Lipinski definition) is 6. The number of nitrogens with one attached hydrogen (secondary N) is 1. The van der Waals surface area contributed by atoms with E-state index in [0.29, 0.717) is 18.5 Å². The molecular formula is C23H25N5O2S. The van der Waals surface area contributed by atoms with Crippen LogP contribution in [-0.4, -0.2) is 43.9 Å². The molecule has 7 nitrogen and oxygen atoms in total. The summed E-state index contributed by atoms with van der Waals surface area (Å²) in [6.45, 7) is 0.373. The van der Waals surface area contributed by atoms with Crippen molar-refractivity contribution >= 4 is 23.3 Å². The molecule has 1 aliphatic carbocycles. The molecule has 1 fully saturated rings. The first kappa shape index (κ1) is 21.1. The third-order valence-electron chi connectivity index (χ3n) is 5.59. The zero-order valence-electron chi connectivity index (χ0n) is 17.2. The Bertz CT molecular complexity index is 976. The fourth-order valence-electron chi connectivity index (χ4n) is 4.01. The molecule has 0 bridgehead atoms. The van der Waals surface area contributed by atoms with E-state index in [9.17, 15) is 9.59 Å². The van der Waals surface area contributed by atoms with E-state index in [2.05, 4.69) is 19.9 Å². The highest BCUT2D eigenvalue weighted by Crippen LogP contribution is 2.25. The Morgan fingerprint density at radius 1 is 1.13 bits per heavy atom. The van der Waals surface area contributed by atoms with E-state index in [4.69, 9.17) is 0 Å². The molecule has 0 spiro atoms. The van der Waals surface area contributed by atoms with Gasteiger partial charge in [0, 0.05) is 35.9 Å². The lowest BCUT2D eigenvalue weighted by Crippen LogP contribution is -2.47. The van der Waals surface area contributed by atoms with E-state index in [1.165, 1.54) is 0 Å². The molecule has 31 heavy (non-hydrogen) atoms. The van der Waals surface area contributed by atoms with Crippen molar-refractivity contribution in [1.82, 2.24) is 24.8 Å². The largest absolute Gasteiger partial charge is 0.351 e. The van der Waals surface area contributed by atoms with Gasteiger partial charge in [0.05, 0.1) is 0 Å². The van der Waals surface area contributed by atoms with Crippen molar-refractivity contribution in [3.8, 4) is 0 Å². The Kier molecular flexibility index (Phi) is 6.99. The van der Waals surface area contributed by atoms with Crippen molar-refractivity contribution in [3.05, 3.63) is 77.1 Å². The van der Waals surface area contributed by atoms with Gasteiger partial charge in [-0.2, -0.15) is 0 Å². The third kappa shape index (κ3) is 5.32. The zero-order chi connectivity index (χ0) is 21.5. The first-order valence-electron chi connectivity index (χ1n) is 10.5. The quantitative estimate of drug-likeness (QED) is 0.586. The van der Waals surface area contributed by atoms with E-state index >= 15 is 0 Å². The first-order chi connectivity index (χ1) is 15.2. The molecule has 3 aromatic rings. The lowest BCUT2D eigenvalue weighted by molar-refractivity contribution is -0.126. The number of carbonyl (C=O) groups is 2. The van der Waals surface area contributed by atoms with Gasteiger partial charge in [-0.25, -0.2) is 0 Å². The van der Waals surface area contributed by atoms with E-state index in [1.54, 1.807) is 28.7 Å². The standard InChI is InChI=1S/C23H25N5O2S/c29-22(25-19-10-4-5-11-19)21(18-9-6-13-24-15-18)28(23(30)20-16-31-27-26-20)14-12-17-7-2-1-3-8-17/h1-3,6-9,13,15-16,19,21H,4-5,10-12,14H2,(H,25,29)/t21-/m1/s1. The molecule has 8 heteroatoms. The number of hydrogen-bond donors (Lipinski definition) is 1. The van der Waals surface area contributed by atoms with Crippen LogP contribution in [0.15, 0.2) is 60.2 Å². The Hall–Kier alpha value is -3.13. The molecule has 160 valence electrons. The minimum Gasteiger partial charge on any atom is -0.351 e. The molecule has 2 aromatic heterocycles. The van der Waals surface area contributed by atoms with Gasteiger partial charge < -0.3 is 10.2 Å². The number of nitrogens with zero attached hydrogens (tertiary/aromatic N) is 4. The second kappa shape index (κ2) is 10.3. The van der Waals surface area contributed by atoms with Crippen molar-refractivity contribution in [1.29, 1.82) is 0 Å². The summed E-state index contributed by atoms with van der Waals surface area (Å²) in [5.41, 5.74) is 2.03. The van der Waals surface area contributed by atoms with Gasteiger partial charge in [-0.05, 0) is 42.4 Å². The Morgan fingerprint density at radius 3 is 2.61 bits per heavy atom. The summed E-state index contributed by atoms with van der Waals surface area (Å²) in [6.07, 6.45) is 8.11. The SMILES string of the molecule is O=C(NC1CCCC1)[C@@H](c1cccnc1)N(CCc1ccccc1)C(=O)c1csnn1. The van der Waals surface area contributed by atoms with Crippen LogP contribution in [0.3, 0.4) is 0 Å². The second-order valence-corrected chi connectivity index (χ2v) is 8.31. The number of aromatic nitrogens is 3. The van der Waals surface area contributed by atoms with Crippen LogP contribution in [0, 0.1) is 0 Å². The average molecular weight is 436 g/mol. The molecule has 1 aromatic carbocycles. The number of amides is 2. The van der Waals surface area contributed by atoms with E-state index in [1.807, 2.05) is 36.4 Å². The molecule has 1 atom stereocenters. The van der Waals surface area contributed by atoms with Crippen LogP contribution < -0.4 is 5.32 Å². The molecule has 0 saturated heterocycles. The highest BCUT2D eigenvalue weighted by Gasteiger charge is 2.34. The van der Waals surface area contributed by atoms with Crippen molar-refractivity contribution in [2.24, 2.45) is 0 Å². The molecule has 4 rings (SSSR count). The minimum atomic E-state index is -0.785. The predicted molar refractivity (Wildman–Crippen MR) is 118 cm³/mol. The summed E-state index contributed by atoms with van der Waals surface area (Å²) in [4.78, 5) is 32.7. The maximum absolute atomic E-state index is 13.5. The Labute approximate surface area is 185 Å². The predicted octanol–water partition coefficient (Wildman–Crippen LogP) is 3.42. The van der Waals surface area contributed by atoms with Gasteiger partial charge in [0.15, 0.2) is 5.69 Å². The third-order valence-corrected chi connectivity index (χ3v) is 6.09. The highest BCUT2D eigenvalue weighted by molar-refractivity contribution is 7.03. The monoisotopic (exact) mass is 435 g/mol. The van der Waals surface area contributed by atoms with Crippen molar-refractivity contribution in [3.63, 3.8) is 0 Å². The Morgan fingerprint density at radius 2 is 1.94 bits per heavy atom. The van der Waals surface area contributed by atoms with Gasteiger partial charge in [0.1, 0.15) is 6.04 Å². The summed E-state index contributed by atoms with van der Waals surface area (Å²) in [5, 5.41) is 8.74. The van der Waals surface area contributed by atoms with Crippen LogP contribution in [0.1, 0.15) is 53.3 Å². The van der Waals surface area contributed by atoms with Crippen LogP contribution in [0.25, 0.3) is 0 Å². The number of pyridine rings is 1. The van der Waals surface area contributed by atoms with Gasteiger partial charge in [0.25, 0.3) is 5.91 Å². The number of benzene rings is 1. The average Bonchev–Trinajstić information content (AvgIpc) is 3.52. The van der Waals surface area contributed by atoms with Crippen molar-refractivity contribution < 1.29 is 9.59 Å². The summed E-state index contributed by atoms with van der Waals surface area (Å²) in [5.74, 6) is -0.482. The molecule has 2 heterocycles. The maximum Gasteiger partial charge on any atom is 0.276 e. The van der Waals surface area contributed by atoms with Gasteiger partial charge in [0.2, 0.25) is 5.91 Å². The van der Waals surface area contributed by atoms with Gasteiger partial charge in [-0.15, -0.1) is 5.10 Å². The van der Waals surface area contributed by atoms with Gasteiger partial charge in [-0.3, -0.25) is 14.6 Å². The number of carbonyl (C=O) groups excluding carboxylic acids is 2. The fraction of sp³-hybridized carbons (Fsp3) is 0.348. The molecule has 1 aliphatic rings. The maximum atomic E-state index is 13.5. The fourth-order valence-corrected chi connectivity index (χ4v) is 4.44. The lowest BCUT2D eigenvalue weighted by atomic mass is 10.0. The molecule has 2 amide bonds. The van der Waals surface area contributed by atoms with Gasteiger partial charge in [-0.1, -0.05) is 53.7 Å². The summed E-state index contributed by atoms with van der Waals surface area (Å²) in [7, 11) is 0. The van der Waals surface area contributed by atoms with E-state index < -0.39 is 6.04 Å². The van der Waals surface area contributed by atoms with Crippen LogP contribution in [0.2, 0.25) is 0 Å². The summed E-state index contributed by atoms with van der Waals surface area (Å²) < 4.78 is 3.84. The highest BCUT2D eigenvalue weighted by atomic mass is 32.1. The lowest BCUT2D eigenvalue weighted by Gasteiger charge is -2.31. The Balaban J connectivity index is 1.65. The van der Waals surface area contributed by atoms with E-state index in [0.717, 1.165) is 42.8 Å².